The van der Waals surface area contributed by atoms with Crippen molar-refractivity contribution in [1.82, 2.24) is 14.7 Å². The average Bonchev–Trinajstić information content (AvgIpc) is 3.29. The Labute approximate surface area is 150 Å². The quantitative estimate of drug-likeness (QED) is 0.793. The summed E-state index contributed by atoms with van der Waals surface area (Å²) in [5.74, 6) is -0.280. The number of fused-ring (bicyclic) bond motifs is 1. The summed E-state index contributed by atoms with van der Waals surface area (Å²) in [5.41, 5.74) is 0.901. The second kappa shape index (κ2) is 6.33. The van der Waals surface area contributed by atoms with Gasteiger partial charge in [-0.05, 0) is 24.6 Å². The van der Waals surface area contributed by atoms with Crippen molar-refractivity contribution in [1.29, 1.82) is 0 Å². The molecule has 1 aromatic heterocycles. The van der Waals surface area contributed by atoms with Crippen LogP contribution in [0.25, 0.3) is 0 Å². The number of benzene rings is 1. The van der Waals surface area contributed by atoms with Crippen LogP contribution in [-0.4, -0.2) is 58.2 Å². The first kappa shape index (κ1) is 16.4. The van der Waals surface area contributed by atoms with E-state index in [1.165, 1.54) is 11.2 Å². The van der Waals surface area contributed by atoms with Crippen molar-refractivity contribution in [3.8, 4) is 0 Å². The van der Waals surface area contributed by atoms with Crippen LogP contribution in [0.4, 0.5) is 4.79 Å². The molecule has 7 heteroatoms. The van der Waals surface area contributed by atoms with E-state index in [9.17, 15) is 14.4 Å². The lowest BCUT2D eigenvalue weighted by Gasteiger charge is -2.34. The second-order valence-electron chi connectivity index (χ2n) is 6.52. The molecular weight excluding hydrogens is 334 g/mol. The van der Waals surface area contributed by atoms with Crippen LogP contribution in [0.5, 0.6) is 0 Å². The van der Waals surface area contributed by atoms with Crippen molar-refractivity contribution >= 4 is 17.8 Å². The first-order valence-corrected chi connectivity index (χ1v) is 8.59. The Morgan fingerprint density at radius 2 is 1.88 bits per heavy atom. The minimum absolute atomic E-state index is 0.183. The van der Waals surface area contributed by atoms with E-state index in [4.69, 9.17) is 4.42 Å². The highest BCUT2D eigenvalue weighted by Crippen LogP contribution is 2.30. The molecule has 134 valence electrons. The van der Waals surface area contributed by atoms with Gasteiger partial charge in [-0.1, -0.05) is 30.3 Å². The molecule has 0 spiro atoms. The first-order chi connectivity index (χ1) is 12.6. The van der Waals surface area contributed by atoms with Crippen molar-refractivity contribution in [2.75, 3.05) is 19.6 Å². The average molecular weight is 353 g/mol. The number of carbonyl (C=O) groups is 3. The molecule has 0 N–H and O–H groups in total. The van der Waals surface area contributed by atoms with Gasteiger partial charge < -0.3 is 14.2 Å². The van der Waals surface area contributed by atoms with Gasteiger partial charge in [0.25, 0.3) is 11.8 Å². The fourth-order valence-electron chi connectivity index (χ4n) is 3.59. The van der Waals surface area contributed by atoms with E-state index in [2.05, 4.69) is 0 Å². The van der Waals surface area contributed by atoms with E-state index in [1.54, 1.807) is 21.9 Å². The molecule has 0 bridgehead atoms. The largest absolute Gasteiger partial charge is 0.459 e. The van der Waals surface area contributed by atoms with E-state index in [0.29, 0.717) is 13.1 Å². The van der Waals surface area contributed by atoms with Crippen molar-refractivity contribution in [3.05, 3.63) is 60.1 Å². The van der Waals surface area contributed by atoms with E-state index in [0.717, 1.165) is 5.56 Å². The van der Waals surface area contributed by atoms with Gasteiger partial charge in [-0.2, -0.15) is 0 Å². The molecule has 0 aliphatic carbocycles. The monoisotopic (exact) mass is 353 g/mol. The van der Waals surface area contributed by atoms with Gasteiger partial charge in [0.2, 0.25) is 0 Å². The first-order valence-electron chi connectivity index (χ1n) is 8.59. The molecule has 0 saturated carbocycles. The van der Waals surface area contributed by atoms with Crippen LogP contribution in [0, 0.1) is 0 Å². The molecule has 2 atom stereocenters. The summed E-state index contributed by atoms with van der Waals surface area (Å²) in [7, 11) is 0. The number of nitrogens with zero attached hydrogens (tertiary/aromatic N) is 3. The van der Waals surface area contributed by atoms with E-state index >= 15 is 0 Å². The molecule has 2 aromatic rings. The molecule has 3 heterocycles. The summed E-state index contributed by atoms with van der Waals surface area (Å²) in [5, 5.41) is 0. The van der Waals surface area contributed by atoms with Crippen LogP contribution in [0.2, 0.25) is 0 Å². The molecule has 1 aromatic carbocycles. The van der Waals surface area contributed by atoms with Crippen LogP contribution in [0.1, 0.15) is 29.1 Å². The molecular formula is C19H19N3O4. The number of rotatable bonds is 3. The van der Waals surface area contributed by atoms with Crippen molar-refractivity contribution in [2.24, 2.45) is 0 Å². The molecule has 7 nitrogen and oxygen atoms in total. The predicted octanol–water partition coefficient (Wildman–Crippen LogP) is 2.13. The fourth-order valence-corrected chi connectivity index (χ4v) is 3.59. The SMILES string of the molecule is C[C@@H](c1ccccc1)N1C(=O)[C@@H]2CN(C(=O)c3ccco3)CCN2C1=O. The summed E-state index contributed by atoms with van der Waals surface area (Å²) in [6, 6.07) is 11.4. The number of carbonyl (C=O) groups excluding carboxylic acids is 3. The zero-order valence-corrected chi connectivity index (χ0v) is 14.4. The van der Waals surface area contributed by atoms with Crippen LogP contribution >= 0.6 is 0 Å². The summed E-state index contributed by atoms with van der Waals surface area (Å²) < 4.78 is 5.16. The Kier molecular flexibility index (Phi) is 3.99. The van der Waals surface area contributed by atoms with Gasteiger partial charge in [-0.3, -0.25) is 14.5 Å². The smallest absolute Gasteiger partial charge is 0.328 e. The normalized spacial score (nSPS) is 21.1. The number of hydrogen-bond donors (Lipinski definition) is 0. The van der Waals surface area contributed by atoms with Crippen LogP contribution in [-0.2, 0) is 4.79 Å². The molecule has 2 aliphatic rings. The zero-order chi connectivity index (χ0) is 18.3. The molecule has 4 amide bonds. The number of amides is 4. The van der Waals surface area contributed by atoms with E-state index < -0.39 is 6.04 Å². The topological polar surface area (TPSA) is 74.1 Å². The van der Waals surface area contributed by atoms with E-state index in [-0.39, 0.29) is 36.2 Å². The Bertz CT molecular complexity index is 834. The number of urea groups is 1. The zero-order valence-electron chi connectivity index (χ0n) is 14.4. The highest BCUT2D eigenvalue weighted by Gasteiger charge is 2.50. The molecule has 0 unspecified atom stereocenters. The van der Waals surface area contributed by atoms with Gasteiger partial charge in [0.1, 0.15) is 6.04 Å². The number of furan rings is 1. The van der Waals surface area contributed by atoms with E-state index in [1.807, 2.05) is 37.3 Å². The maximum absolute atomic E-state index is 12.9. The summed E-state index contributed by atoms with van der Waals surface area (Å²) >= 11 is 0. The fraction of sp³-hybridized carbons (Fsp3) is 0.316. The highest BCUT2D eigenvalue weighted by atomic mass is 16.3. The van der Waals surface area contributed by atoms with Crippen LogP contribution < -0.4 is 0 Å². The number of hydrogen-bond acceptors (Lipinski definition) is 4. The molecule has 0 radical (unpaired) electrons. The molecule has 2 aliphatic heterocycles. The van der Waals surface area contributed by atoms with Crippen molar-refractivity contribution in [3.63, 3.8) is 0 Å². The van der Waals surface area contributed by atoms with Gasteiger partial charge in [-0.25, -0.2) is 4.79 Å². The Morgan fingerprint density at radius 1 is 1.12 bits per heavy atom. The lowest BCUT2D eigenvalue weighted by atomic mass is 10.1. The third-order valence-electron chi connectivity index (χ3n) is 5.04. The molecule has 2 fully saturated rings. The van der Waals surface area contributed by atoms with Gasteiger partial charge >= 0.3 is 6.03 Å². The molecule has 2 saturated heterocycles. The summed E-state index contributed by atoms with van der Waals surface area (Å²) in [4.78, 5) is 42.6. The minimum atomic E-state index is -0.638. The van der Waals surface area contributed by atoms with Gasteiger partial charge in [-0.15, -0.1) is 0 Å². The van der Waals surface area contributed by atoms with Crippen molar-refractivity contribution in [2.45, 2.75) is 19.0 Å². The predicted molar refractivity (Wildman–Crippen MR) is 92.2 cm³/mol. The Hall–Kier alpha value is -3.09. The van der Waals surface area contributed by atoms with Gasteiger partial charge in [0.15, 0.2) is 5.76 Å². The summed E-state index contributed by atoms with van der Waals surface area (Å²) in [6.07, 6.45) is 1.44. The van der Waals surface area contributed by atoms with Crippen molar-refractivity contribution < 1.29 is 18.8 Å². The highest BCUT2D eigenvalue weighted by molar-refractivity contribution is 6.05. The molecule has 4 rings (SSSR count). The lowest BCUT2D eigenvalue weighted by molar-refractivity contribution is -0.130. The maximum atomic E-state index is 12.9. The molecule has 26 heavy (non-hydrogen) atoms. The van der Waals surface area contributed by atoms with Gasteiger partial charge in [0.05, 0.1) is 18.8 Å². The van der Waals surface area contributed by atoms with Crippen LogP contribution in [0.15, 0.2) is 53.1 Å². The third-order valence-corrected chi connectivity index (χ3v) is 5.04. The number of piperazine rings is 1. The second-order valence-corrected chi connectivity index (χ2v) is 6.52. The lowest BCUT2D eigenvalue weighted by Crippen LogP contribution is -2.54. The minimum Gasteiger partial charge on any atom is -0.459 e. The maximum Gasteiger partial charge on any atom is 0.328 e. The third kappa shape index (κ3) is 2.56. The van der Waals surface area contributed by atoms with Crippen LogP contribution in [0.3, 0.4) is 0 Å². The number of imide groups is 1. The Balaban J connectivity index is 1.54. The standard InChI is InChI=1S/C19H19N3O4/c1-13(14-6-3-2-4-7-14)22-17(23)15-12-20(9-10-21(15)19(22)25)18(24)16-8-5-11-26-16/h2-8,11,13,15H,9-10,12H2,1H3/t13-,15-/m0/s1. The van der Waals surface area contributed by atoms with Gasteiger partial charge in [0, 0.05) is 13.1 Å². The Morgan fingerprint density at radius 3 is 2.58 bits per heavy atom. The summed E-state index contributed by atoms with van der Waals surface area (Å²) in [6.45, 7) is 2.74.